The molecule has 15 rings (SSSR count). The van der Waals surface area contributed by atoms with Gasteiger partial charge in [0.05, 0.1) is 16.8 Å². The first-order valence-electron chi connectivity index (χ1n) is 25.8. The highest BCUT2D eigenvalue weighted by Crippen LogP contribution is 2.59. The molecule has 1 aliphatic carbocycles. The second-order valence-electron chi connectivity index (χ2n) is 20.0. The van der Waals surface area contributed by atoms with Gasteiger partial charge < -0.3 is 18.6 Å². The van der Waals surface area contributed by atoms with Gasteiger partial charge in [0.2, 0.25) is 0 Å². The molecule has 0 aliphatic heterocycles. The maximum atomic E-state index is 7.09. The zero-order chi connectivity index (χ0) is 49.8. The third-order valence-electron chi connectivity index (χ3n) is 15.9. The first kappa shape index (κ1) is 43.0. The average Bonchev–Trinajstić information content (AvgIpc) is 4.19. The molecule has 354 valence electrons. The van der Waals surface area contributed by atoms with Crippen LogP contribution in [0.3, 0.4) is 0 Å². The molecule has 0 saturated heterocycles. The number of aryl methyl sites for hydroxylation is 2. The summed E-state index contributed by atoms with van der Waals surface area (Å²) < 4.78 is 14.2. The maximum Gasteiger partial charge on any atom is 0.159 e. The summed E-state index contributed by atoms with van der Waals surface area (Å²) in [5.74, 6) is 0. The minimum absolute atomic E-state index is 0.729. The fourth-order valence-electron chi connectivity index (χ4n) is 12.7. The average molecular weight is 961 g/mol. The van der Waals surface area contributed by atoms with Gasteiger partial charge in [-0.15, -0.1) is 0 Å². The maximum absolute atomic E-state index is 7.09. The molecule has 0 bridgehead atoms. The Hall–Kier alpha value is -9.64. The van der Waals surface area contributed by atoms with Crippen LogP contribution in [0.4, 0.5) is 34.1 Å². The molecule has 4 nitrogen and oxygen atoms in total. The van der Waals surface area contributed by atoms with E-state index >= 15 is 0 Å². The minimum atomic E-state index is -0.729. The van der Waals surface area contributed by atoms with E-state index in [0.29, 0.717) is 0 Å². The van der Waals surface area contributed by atoms with Gasteiger partial charge in [-0.2, -0.15) is 0 Å². The first-order valence-corrected chi connectivity index (χ1v) is 25.8. The van der Waals surface area contributed by atoms with Crippen LogP contribution in [0.2, 0.25) is 0 Å². The van der Waals surface area contributed by atoms with Crippen molar-refractivity contribution in [3.63, 3.8) is 0 Å². The van der Waals surface area contributed by atoms with Crippen molar-refractivity contribution in [2.75, 3.05) is 9.80 Å². The molecule has 0 atom stereocenters. The standard InChI is InChI=1S/C71H48N2O2/c1-45-41-47-21-15-17-31-55(47)65-59-33-19-35-63(69(59)74-67(45)65)72(51-27-11-5-12-28-51)53-37-39-57-58-40-38-54(44-62(58)71(61(57)43-53,49-23-7-3-8-24-49)50-25-9-4-10-26-50)73(52-29-13-6-14-30-52)64-36-20-34-60-66-56-32-18-16-22-48(56)42-46(2)68(66)75-70(60)64/h3-44H,1-2H3. The number of hydrogen-bond donors (Lipinski definition) is 0. The Labute approximate surface area is 434 Å². The second kappa shape index (κ2) is 16.7. The Morgan fingerprint density at radius 1 is 0.307 bits per heavy atom. The van der Waals surface area contributed by atoms with E-state index in [9.17, 15) is 0 Å². The van der Waals surface area contributed by atoms with E-state index in [-0.39, 0.29) is 0 Å². The Balaban J connectivity index is 0.984. The number of para-hydroxylation sites is 4. The zero-order valence-corrected chi connectivity index (χ0v) is 41.5. The van der Waals surface area contributed by atoms with E-state index in [1.165, 1.54) is 54.9 Å². The van der Waals surface area contributed by atoms with E-state index < -0.39 is 5.41 Å². The molecule has 0 unspecified atom stereocenters. The first-order chi connectivity index (χ1) is 37.0. The molecule has 0 fully saturated rings. The van der Waals surface area contributed by atoms with Gasteiger partial charge in [0.1, 0.15) is 11.2 Å². The van der Waals surface area contributed by atoms with E-state index in [1.807, 2.05) is 0 Å². The molecule has 0 radical (unpaired) electrons. The van der Waals surface area contributed by atoms with Crippen molar-refractivity contribution in [1.29, 1.82) is 0 Å². The molecule has 0 amide bonds. The van der Waals surface area contributed by atoms with Crippen LogP contribution in [0.5, 0.6) is 0 Å². The molecule has 0 spiro atoms. The van der Waals surface area contributed by atoms with Crippen molar-refractivity contribution >= 4 is 99.5 Å². The van der Waals surface area contributed by atoms with Gasteiger partial charge in [-0.25, -0.2) is 0 Å². The highest BCUT2D eigenvalue weighted by Gasteiger charge is 2.47. The lowest BCUT2D eigenvalue weighted by molar-refractivity contribution is 0.666. The highest BCUT2D eigenvalue weighted by molar-refractivity contribution is 6.23. The van der Waals surface area contributed by atoms with Gasteiger partial charge >= 0.3 is 0 Å². The third-order valence-corrected chi connectivity index (χ3v) is 15.9. The minimum Gasteiger partial charge on any atom is -0.454 e. The third kappa shape index (κ3) is 6.36. The lowest BCUT2D eigenvalue weighted by Crippen LogP contribution is -2.29. The van der Waals surface area contributed by atoms with Crippen molar-refractivity contribution in [3.8, 4) is 11.1 Å². The molecule has 0 N–H and O–H groups in total. The molecule has 4 heteroatoms. The van der Waals surface area contributed by atoms with Crippen molar-refractivity contribution in [3.05, 3.63) is 288 Å². The molecule has 0 saturated carbocycles. The van der Waals surface area contributed by atoms with Gasteiger partial charge in [-0.1, -0.05) is 182 Å². The molecule has 1 aliphatic rings. The zero-order valence-electron chi connectivity index (χ0n) is 41.5. The molecule has 75 heavy (non-hydrogen) atoms. The summed E-state index contributed by atoms with van der Waals surface area (Å²) in [7, 11) is 0. The number of furan rings is 2. The van der Waals surface area contributed by atoms with Crippen molar-refractivity contribution in [2.45, 2.75) is 19.3 Å². The summed E-state index contributed by atoms with van der Waals surface area (Å²) in [6.45, 7) is 4.31. The van der Waals surface area contributed by atoms with Crippen molar-refractivity contribution in [1.82, 2.24) is 0 Å². The van der Waals surface area contributed by atoms with E-state index in [4.69, 9.17) is 8.83 Å². The number of hydrogen-bond acceptors (Lipinski definition) is 4. The van der Waals surface area contributed by atoms with Crippen LogP contribution < -0.4 is 9.80 Å². The van der Waals surface area contributed by atoms with Crippen LogP contribution in [0.1, 0.15) is 33.4 Å². The highest BCUT2D eigenvalue weighted by atomic mass is 16.3. The SMILES string of the molecule is Cc1cc2ccccc2c2c1oc1c(N(c3ccccc3)c3ccc4c(c3)C(c3ccccc3)(c3ccccc3)c3cc(N(c5ccccc5)c5cccc6c5oc5c(C)cc7ccccc7c56)ccc3-4)cccc12. The van der Waals surface area contributed by atoms with Crippen LogP contribution in [0.15, 0.2) is 264 Å². The largest absolute Gasteiger partial charge is 0.454 e. The van der Waals surface area contributed by atoms with E-state index in [1.54, 1.807) is 0 Å². The predicted molar refractivity (Wildman–Crippen MR) is 312 cm³/mol. The molecular formula is C71H48N2O2. The summed E-state index contributed by atoms with van der Waals surface area (Å²) in [5.41, 5.74) is 18.3. The van der Waals surface area contributed by atoms with Crippen LogP contribution >= 0.6 is 0 Å². The molecular weight excluding hydrogens is 913 g/mol. The van der Waals surface area contributed by atoms with Gasteiger partial charge in [0, 0.05) is 44.3 Å². The van der Waals surface area contributed by atoms with Crippen LogP contribution in [-0.2, 0) is 5.41 Å². The molecule has 14 aromatic rings. The van der Waals surface area contributed by atoms with E-state index in [2.05, 4.69) is 278 Å². The number of rotatable bonds is 8. The summed E-state index contributed by atoms with van der Waals surface area (Å²) >= 11 is 0. The fraction of sp³-hybridized carbons (Fsp3) is 0.0423. The summed E-state index contributed by atoms with van der Waals surface area (Å²) in [6.07, 6.45) is 0. The van der Waals surface area contributed by atoms with Crippen molar-refractivity contribution in [2.24, 2.45) is 0 Å². The topological polar surface area (TPSA) is 32.8 Å². The Bertz CT molecular complexity index is 4260. The van der Waals surface area contributed by atoms with E-state index in [0.717, 1.165) is 89.1 Å². The summed E-state index contributed by atoms with van der Waals surface area (Å²) in [6, 6.07) is 92.7. The molecule has 2 heterocycles. The lowest BCUT2D eigenvalue weighted by Gasteiger charge is -2.35. The number of nitrogens with zero attached hydrogens (tertiary/aromatic N) is 2. The predicted octanol–water partition coefficient (Wildman–Crippen LogP) is 19.7. The van der Waals surface area contributed by atoms with Gasteiger partial charge in [-0.3, -0.25) is 0 Å². The van der Waals surface area contributed by atoms with Crippen LogP contribution in [-0.4, -0.2) is 0 Å². The number of anilines is 6. The Morgan fingerprint density at radius 2 is 0.680 bits per heavy atom. The summed E-state index contributed by atoms with van der Waals surface area (Å²) in [4.78, 5) is 4.77. The molecule has 2 aromatic heterocycles. The Morgan fingerprint density at radius 3 is 1.11 bits per heavy atom. The normalized spacial score (nSPS) is 12.8. The quantitative estimate of drug-likeness (QED) is 0.152. The number of benzene rings is 12. The second-order valence-corrected chi connectivity index (χ2v) is 20.0. The summed E-state index contributed by atoms with van der Waals surface area (Å²) in [5, 5.41) is 9.27. The monoisotopic (exact) mass is 960 g/mol. The smallest absolute Gasteiger partial charge is 0.159 e. The van der Waals surface area contributed by atoms with Crippen LogP contribution in [0, 0.1) is 13.8 Å². The number of fused-ring (bicyclic) bond motifs is 13. The van der Waals surface area contributed by atoms with Crippen molar-refractivity contribution < 1.29 is 8.83 Å². The Kier molecular flexibility index (Phi) is 9.58. The fourth-order valence-corrected chi connectivity index (χ4v) is 12.7. The van der Waals surface area contributed by atoms with Crippen LogP contribution in [0.25, 0.3) is 76.5 Å². The van der Waals surface area contributed by atoms with Gasteiger partial charge in [-0.05, 0) is 153 Å². The van der Waals surface area contributed by atoms with Gasteiger partial charge in [0.25, 0.3) is 0 Å². The molecule has 12 aromatic carbocycles. The van der Waals surface area contributed by atoms with Gasteiger partial charge in [0.15, 0.2) is 11.2 Å². The lowest BCUT2D eigenvalue weighted by atomic mass is 9.67.